The summed E-state index contributed by atoms with van der Waals surface area (Å²) in [6.07, 6.45) is -1.40. The van der Waals surface area contributed by atoms with E-state index in [1.807, 2.05) is 4.90 Å². The minimum atomic E-state index is -4.55. The van der Waals surface area contributed by atoms with E-state index < -0.39 is 11.7 Å². The Balaban J connectivity index is 2.03. The van der Waals surface area contributed by atoms with Gasteiger partial charge in [0.25, 0.3) is 5.52 Å². The molecular formula is C19H17Cl2F3N5O+. The molecule has 0 bridgehead atoms. The lowest BCUT2D eigenvalue weighted by Gasteiger charge is -2.32. The number of nitrogens with zero attached hydrogens (tertiary/aromatic N) is 3. The van der Waals surface area contributed by atoms with Gasteiger partial charge in [-0.1, -0.05) is 28.0 Å². The Morgan fingerprint density at radius 1 is 1.17 bits per heavy atom. The van der Waals surface area contributed by atoms with Crippen molar-refractivity contribution in [2.24, 2.45) is 0 Å². The van der Waals surface area contributed by atoms with Crippen LogP contribution in [0.25, 0.3) is 16.6 Å². The standard InChI is InChI=1S/C19H16Cl2F3N5O/c20-13-7-10(8-14(21)16(13)26)17-18-12-2-1-11(19(22,23)24)9-15(12)29(30)28(18)6-5-27(17)4-3-25/h1-2,7-9,26H,3-6,25H2/p+1. The van der Waals surface area contributed by atoms with Crippen LogP contribution in [0.5, 0.6) is 0 Å². The molecule has 0 radical (unpaired) electrons. The van der Waals surface area contributed by atoms with Crippen molar-refractivity contribution in [3.8, 4) is 0 Å². The van der Waals surface area contributed by atoms with Crippen LogP contribution >= 0.6 is 23.2 Å². The van der Waals surface area contributed by atoms with Crippen LogP contribution in [0.1, 0.15) is 11.3 Å². The summed E-state index contributed by atoms with van der Waals surface area (Å²) in [4.78, 5) is 2.51. The Morgan fingerprint density at radius 3 is 2.43 bits per heavy atom. The number of halogens is 5. The lowest BCUT2D eigenvalue weighted by atomic mass is 9.99. The van der Waals surface area contributed by atoms with Gasteiger partial charge in [-0.15, -0.1) is 4.68 Å². The van der Waals surface area contributed by atoms with Crippen LogP contribution in [-0.2, 0) is 12.7 Å². The highest BCUT2D eigenvalue weighted by molar-refractivity contribution is 6.56. The second-order valence-electron chi connectivity index (χ2n) is 6.98. The molecular weight excluding hydrogens is 442 g/mol. The van der Waals surface area contributed by atoms with Gasteiger partial charge >= 0.3 is 6.18 Å². The van der Waals surface area contributed by atoms with Crippen LogP contribution in [0.3, 0.4) is 0 Å². The summed E-state index contributed by atoms with van der Waals surface area (Å²) in [5.74, 6) is 0. The second kappa shape index (κ2) is 7.33. The Kier molecular flexibility index (Phi) is 5.08. The molecule has 1 aromatic carbocycles. The van der Waals surface area contributed by atoms with E-state index in [2.05, 4.69) is 5.73 Å². The predicted molar refractivity (Wildman–Crippen MR) is 108 cm³/mol. The van der Waals surface area contributed by atoms with Gasteiger partial charge in [0.1, 0.15) is 5.69 Å². The SMILES string of the molecule is N=C1C(Cl)=CC(=C2c3c4ccc(C(F)(F)F)cc4[n+]([O-])n3CCN2CC[NH3+])C=C1Cl. The molecule has 0 unspecified atom stereocenters. The van der Waals surface area contributed by atoms with E-state index in [1.165, 1.54) is 10.7 Å². The molecule has 2 aliphatic rings. The van der Waals surface area contributed by atoms with Crippen molar-refractivity contribution in [2.45, 2.75) is 12.7 Å². The first-order valence-corrected chi connectivity index (χ1v) is 9.85. The molecule has 4 N–H and O–H groups in total. The zero-order valence-electron chi connectivity index (χ0n) is 15.6. The number of aromatic nitrogens is 2. The van der Waals surface area contributed by atoms with Gasteiger partial charge in [-0.2, -0.15) is 13.2 Å². The molecule has 1 aromatic heterocycles. The van der Waals surface area contributed by atoms with Gasteiger partial charge in [0.2, 0.25) is 0 Å². The first-order chi connectivity index (χ1) is 14.1. The minimum absolute atomic E-state index is 0.0175. The van der Waals surface area contributed by atoms with Crippen LogP contribution in [0, 0.1) is 10.6 Å². The summed E-state index contributed by atoms with van der Waals surface area (Å²) in [5.41, 5.74) is 4.60. The van der Waals surface area contributed by atoms with Gasteiger partial charge in [0.05, 0.1) is 52.1 Å². The number of benzene rings is 1. The monoisotopic (exact) mass is 458 g/mol. The number of alkyl halides is 3. The quantitative estimate of drug-likeness (QED) is 0.535. The second-order valence-corrected chi connectivity index (χ2v) is 7.79. The maximum absolute atomic E-state index is 13.2. The topological polar surface area (TPSA) is 86.6 Å². The average Bonchev–Trinajstić information content (AvgIpc) is 2.97. The molecule has 4 rings (SSSR count). The zero-order valence-corrected chi connectivity index (χ0v) is 17.1. The van der Waals surface area contributed by atoms with E-state index in [1.54, 1.807) is 12.2 Å². The van der Waals surface area contributed by atoms with E-state index >= 15 is 0 Å². The molecule has 2 heterocycles. The smallest absolute Gasteiger partial charge is 0.416 e. The number of fused-ring (bicyclic) bond motifs is 3. The van der Waals surface area contributed by atoms with Crippen LogP contribution in [-0.4, -0.2) is 34.9 Å². The normalized spacial score (nSPS) is 17.4. The van der Waals surface area contributed by atoms with Crippen LogP contribution in [0.4, 0.5) is 13.2 Å². The number of hydrogen-bond acceptors (Lipinski definition) is 3. The third kappa shape index (κ3) is 3.27. The number of hydrogen-bond donors (Lipinski definition) is 2. The first kappa shape index (κ1) is 20.8. The van der Waals surface area contributed by atoms with Crippen LogP contribution in [0.15, 0.2) is 46.0 Å². The summed E-state index contributed by atoms with van der Waals surface area (Å²) >= 11 is 12.3. The molecule has 0 fully saturated rings. The third-order valence-electron chi connectivity index (χ3n) is 5.13. The maximum atomic E-state index is 13.2. The van der Waals surface area contributed by atoms with Crippen molar-refractivity contribution in [1.29, 1.82) is 5.41 Å². The summed E-state index contributed by atoms with van der Waals surface area (Å²) in [7, 11) is 0. The van der Waals surface area contributed by atoms with Crippen LogP contribution in [0.2, 0.25) is 0 Å². The van der Waals surface area contributed by atoms with Gasteiger partial charge in [-0.25, -0.2) is 0 Å². The highest BCUT2D eigenvalue weighted by atomic mass is 35.5. The highest BCUT2D eigenvalue weighted by Gasteiger charge is 2.36. The Morgan fingerprint density at radius 2 is 1.83 bits per heavy atom. The largest absolute Gasteiger partial charge is 0.595 e. The molecule has 0 saturated carbocycles. The summed E-state index contributed by atoms with van der Waals surface area (Å²) in [6, 6.07) is 3.14. The van der Waals surface area contributed by atoms with Crippen molar-refractivity contribution in [1.82, 2.24) is 9.58 Å². The summed E-state index contributed by atoms with van der Waals surface area (Å²) in [6.45, 7) is 1.91. The van der Waals surface area contributed by atoms with E-state index in [9.17, 15) is 18.4 Å². The Labute approximate surface area is 179 Å². The fourth-order valence-corrected chi connectivity index (χ4v) is 4.29. The van der Waals surface area contributed by atoms with Crippen molar-refractivity contribution in [3.05, 3.63) is 62.5 Å². The van der Waals surface area contributed by atoms with Crippen molar-refractivity contribution >= 4 is 45.5 Å². The fourth-order valence-electron chi connectivity index (χ4n) is 3.80. The van der Waals surface area contributed by atoms with Crippen LogP contribution < -0.4 is 10.6 Å². The lowest BCUT2D eigenvalue weighted by molar-refractivity contribution is -0.671. The number of rotatable bonds is 2. The zero-order chi connectivity index (χ0) is 21.8. The Bertz CT molecular complexity index is 1140. The van der Waals surface area contributed by atoms with Gasteiger partial charge < -0.3 is 15.8 Å². The molecule has 1 aliphatic heterocycles. The summed E-state index contributed by atoms with van der Waals surface area (Å²) < 4.78 is 40.9. The summed E-state index contributed by atoms with van der Waals surface area (Å²) in [5, 5.41) is 21.4. The van der Waals surface area contributed by atoms with E-state index in [4.69, 9.17) is 28.6 Å². The van der Waals surface area contributed by atoms with Crippen molar-refractivity contribution in [2.75, 3.05) is 19.6 Å². The molecule has 0 saturated heterocycles. The van der Waals surface area contributed by atoms with Crippen molar-refractivity contribution < 1.29 is 23.8 Å². The van der Waals surface area contributed by atoms with E-state index in [0.717, 1.165) is 12.1 Å². The molecule has 0 spiro atoms. The number of quaternary nitrogens is 1. The van der Waals surface area contributed by atoms with E-state index in [-0.39, 0.29) is 21.3 Å². The third-order valence-corrected chi connectivity index (χ3v) is 5.73. The molecule has 0 atom stereocenters. The highest BCUT2D eigenvalue weighted by Crippen LogP contribution is 2.38. The molecule has 11 heteroatoms. The Hall–Kier alpha value is -2.49. The van der Waals surface area contributed by atoms with Gasteiger partial charge in [-0.05, 0) is 24.3 Å². The number of nitrogens with one attached hydrogen (secondary N) is 1. The minimum Gasteiger partial charge on any atom is -0.595 e. The molecule has 158 valence electrons. The van der Waals surface area contributed by atoms with Gasteiger partial charge in [-0.3, -0.25) is 5.41 Å². The lowest BCUT2D eigenvalue weighted by Crippen LogP contribution is -2.56. The van der Waals surface area contributed by atoms with Gasteiger partial charge in [0.15, 0.2) is 0 Å². The molecule has 6 nitrogen and oxygen atoms in total. The van der Waals surface area contributed by atoms with Gasteiger partial charge in [0, 0.05) is 18.2 Å². The van der Waals surface area contributed by atoms with E-state index in [0.29, 0.717) is 53.4 Å². The molecule has 0 amide bonds. The molecule has 1 aliphatic carbocycles. The number of allylic oxidation sites excluding steroid dienone is 5. The predicted octanol–water partition coefficient (Wildman–Crippen LogP) is 2.84. The molecule has 2 aromatic rings. The average molecular weight is 459 g/mol. The maximum Gasteiger partial charge on any atom is 0.416 e. The molecule has 30 heavy (non-hydrogen) atoms. The van der Waals surface area contributed by atoms with Crippen molar-refractivity contribution in [3.63, 3.8) is 0 Å². The first-order valence-electron chi connectivity index (χ1n) is 9.09. The fraction of sp³-hybridized carbons (Fsp3) is 0.263.